The first kappa shape index (κ1) is 23.7. The molecule has 164 valence electrons. The summed E-state index contributed by atoms with van der Waals surface area (Å²) in [6, 6.07) is -0.994. The average Bonchev–Trinajstić information content (AvgIpc) is 3.01. The average molecular weight is 429 g/mol. The lowest BCUT2D eigenvalue weighted by molar-refractivity contribution is -0.141. The molecule has 10 nitrogen and oxygen atoms in total. The number of imidazole rings is 1. The number of rotatable bonds is 12. The van der Waals surface area contributed by atoms with E-state index in [1.165, 1.54) is 6.33 Å². The summed E-state index contributed by atoms with van der Waals surface area (Å²) in [6.07, 6.45) is 2.26. The SMILES string of the molecule is CC(C)OC(OC(C)C)P(=O)(COCCn1cnc2c(N)ncnc21)OC(C)C. The van der Waals surface area contributed by atoms with Gasteiger partial charge in [-0.15, -0.1) is 0 Å². The van der Waals surface area contributed by atoms with E-state index in [1.807, 2.05) is 41.5 Å². The third-order valence-electron chi connectivity index (χ3n) is 3.66. The lowest BCUT2D eigenvalue weighted by atomic mass is 10.5. The normalized spacial score (nSPS) is 14.6. The second kappa shape index (κ2) is 10.4. The Balaban J connectivity index is 2.05. The number of nitrogens with two attached hydrogens (primary N) is 1. The lowest BCUT2D eigenvalue weighted by Crippen LogP contribution is -2.28. The number of hydrogen-bond donors (Lipinski definition) is 1. The maximum absolute atomic E-state index is 13.6. The van der Waals surface area contributed by atoms with Gasteiger partial charge in [0.05, 0.1) is 31.2 Å². The third-order valence-corrected chi connectivity index (χ3v) is 5.87. The number of anilines is 1. The molecule has 2 rings (SSSR count). The molecule has 0 aliphatic rings. The van der Waals surface area contributed by atoms with Crippen molar-refractivity contribution in [2.45, 2.75) is 72.4 Å². The Hall–Kier alpha value is -1.58. The zero-order valence-electron chi connectivity index (χ0n) is 17.9. The van der Waals surface area contributed by atoms with E-state index in [0.717, 1.165) is 0 Å². The van der Waals surface area contributed by atoms with Crippen LogP contribution in [0.4, 0.5) is 5.82 Å². The van der Waals surface area contributed by atoms with Crippen LogP contribution >= 0.6 is 7.37 Å². The molecule has 0 spiro atoms. The maximum atomic E-state index is 13.6. The molecule has 0 aliphatic heterocycles. The fourth-order valence-electron chi connectivity index (χ4n) is 2.60. The molecule has 0 aromatic carbocycles. The van der Waals surface area contributed by atoms with Crippen LogP contribution in [0.2, 0.25) is 0 Å². The molecule has 0 saturated carbocycles. The van der Waals surface area contributed by atoms with Crippen molar-refractivity contribution in [2.75, 3.05) is 18.7 Å². The molecule has 0 bridgehead atoms. The molecule has 29 heavy (non-hydrogen) atoms. The number of aromatic nitrogens is 4. The van der Waals surface area contributed by atoms with Crippen LogP contribution < -0.4 is 5.73 Å². The molecule has 0 fully saturated rings. The number of nitrogens with zero attached hydrogens (tertiary/aromatic N) is 4. The molecular weight excluding hydrogens is 397 g/mol. The fourth-order valence-corrected chi connectivity index (χ4v) is 4.84. The van der Waals surface area contributed by atoms with Crippen LogP contribution in [0.5, 0.6) is 0 Å². The molecular formula is C18H32N5O5P. The highest BCUT2D eigenvalue weighted by atomic mass is 31.2. The fraction of sp³-hybridized carbons (Fsp3) is 0.722. The van der Waals surface area contributed by atoms with Gasteiger partial charge < -0.3 is 29.0 Å². The van der Waals surface area contributed by atoms with Gasteiger partial charge in [-0.05, 0) is 41.5 Å². The van der Waals surface area contributed by atoms with Crippen LogP contribution in [-0.4, -0.2) is 56.8 Å². The quantitative estimate of drug-likeness (QED) is 0.308. The molecule has 0 saturated heterocycles. The summed E-state index contributed by atoms with van der Waals surface area (Å²) in [5.41, 5.74) is 6.96. The van der Waals surface area contributed by atoms with Gasteiger partial charge in [-0.25, -0.2) is 15.0 Å². The van der Waals surface area contributed by atoms with Crippen LogP contribution in [0, 0.1) is 0 Å². The van der Waals surface area contributed by atoms with Crippen molar-refractivity contribution < 1.29 is 23.3 Å². The van der Waals surface area contributed by atoms with E-state index in [4.69, 9.17) is 24.5 Å². The summed E-state index contributed by atoms with van der Waals surface area (Å²) in [5, 5.41) is 0. The van der Waals surface area contributed by atoms with Crippen molar-refractivity contribution in [2.24, 2.45) is 0 Å². The molecule has 2 aromatic rings. The van der Waals surface area contributed by atoms with E-state index in [9.17, 15) is 4.57 Å². The Kier molecular flexibility index (Phi) is 8.54. The van der Waals surface area contributed by atoms with Crippen LogP contribution in [0.1, 0.15) is 41.5 Å². The maximum Gasteiger partial charge on any atom is 0.282 e. The minimum Gasteiger partial charge on any atom is -0.382 e. The van der Waals surface area contributed by atoms with Gasteiger partial charge in [-0.1, -0.05) is 0 Å². The smallest absolute Gasteiger partial charge is 0.282 e. The topological polar surface area (TPSA) is 124 Å². The summed E-state index contributed by atoms with van der Waals surface area (Å²) in [4.78, 5) is 12.3. The Bertz CT molecular complexity index is 816. The van der Waals surface area contributed by atoms with Crippen molar-refractivity contribution in [1.82, 2.24) is 19.5 Å². The van der Waals surface area contributed by atoms with Crippen LogP contribution in [-0.2, 0) is 29.8 Å². The van der Waals surface area contributed by atoms with Crippen molar-refractivity contribution >= 4 is 24.4 Å². The Morgan fingerprint density at radius 3 is 2.28 bits per heavy atom. The lowest BCUT2D eigenvalue weighted by Gasteiger charge is -2.31. The second-order valence-electron chi connectivity index (χ2n) is 7.46. The first-order valence-corrected chi connectivity index (χ1v) is 11.6. The van der Waals surface area contributed by atoms with Gasteiger partial charge in [-0.3, -0.25) is 4.57 Å². The van der Waals surface area contributed by atoms with Crippen LogP contribution in [0.15, 0.2) is 12.7 Å². The van der Waals surface area contributed by atoms with Crippen molar-refractivity contribution in [3.63, 3.8) is 0 Å². The summed E-state index contributed by atoms with van der Waals surface area (Å²) in [6.45, 7) is 11.8. The van der Waals surface area contributed by atoms with E-state index in [1.54, 1.807) is 10.9 Å². The number of hydrogen-bond acceptors (Lipinski definition) is 9. The third kappa shape index (κ3) is 6.72. The predicted molar refractivity (Wildman–Crippen MR) is 111 cm³/mol. The first-order valence-electron chi connectivity index (χ1n) is 9.69. The largest absolute Gasteiger partial charge is 0.382 e. The number of ether oxygens (including phenoxy) is 3. The van der Waals surface area contributed by atoms with Gasteiger partial charge in [-0.2, -0.15) is 0 Å². The van der Waals surface area contributed by atoms with Crippen molar-refractivity contribution in [1.29, 1.82) is 0 Å². The highest BCUT2D eigenvalue weighted by molar-refractivity contribution is 7.59. The Morgan fingerprint density at radius 1 is 1.03 bits per heavy atom. The second-order valence-corrected chi connectivity index (χ2v) is 9.81. The highest BCUT2D eigenvalue weighted by Crippen LogP contribution is 2.54. The summed E-state index contributed by atoms with van der Waals surface area (Å²) in [7, 11) is -3.39. The number of nitrogen functional groups attached to an aromatic ring is 1. The minimum absolute atomic E-state index is 0.126. The van der Waals surface area contributed by atoms with Crippen molar-refractivity contribution in [3.05, 3.63) is 12.7 Å². The Morgan fingerprint density at radius 2 is 1.69 bits per heavy atom. The molecule has 11 heteroatoms. The zero-order valence-corrected chi connectivity index (χ0v) is 18.8. The number of fused-ring (bicyclic) bond motifs is 1. The molecule has 2 heterocycles. The molecule has 0 radical (unpaired) electrons. The van der Waals surface area contributed by atoms with Crippen molar-refractivity contribution in [3.8, 4) is 0 Å². The molecule has 0 aliphatic carbocycles. The monoisotopic (exact) mass is 429 g/mol. The standard InChI is InChI=1S/C18H32N5O5P/c1-12(2)26-18(27-13(3)4)29(24,28-14(5)6)11-25-8-7-23-10-22-15-16(19)20-9-21-17(15)23/h9-10,12-14,18H,7-8,11H2,1-6H3,(H2,19,20,21). The first-order chi connectivity index (χ1) is 13.6. The van der Waals surface area contributed by atoms with Gasteiger partial charge in [0.15, 0.2) is 11.5 Å². The van der Waals surface area contributed by atoms with E-state index in [0.29, 0.717) is 23.5 Å². The van der Waals surface area contributed by atoms with Gasteiger partial charge in [0.1, 0.15) is 18.2 Å². The van der Waals surface area contributed by atoms with E-state index >= 15 is 0 Å². The minimum atomic E-state index is -3.39. The Labute approximate surface area is 171 Å². The van der Waals surface area contributed by atoms with Gasteiger partial charge >= 0.3 is 0 Å². The van der Waals surface area contributed by atoms with E-state index < -0.39 is 13.4 Å². The summed E-state index contributed by atoms with van der Waals surface area (Å²) in [5.74, 6) is 0.323. The van der Waals surface area contributed by atoms with Crippen LogP contribution in [0.3, 0.4) is 0 Å². The molecule has 1 atom stereocenters. The molecule has 2 N–H and O–H groups in total. The highest BCUT2D eigenvalue weighted by Gasteiger charge is 2.39. The van der Waals surface area contributed by atoms with Gasteiger partial charge in [0, 0.05) is 6.54 Å². The van der Waals surface area contributed by atoms with Gasteiger partial charge in [0.25, 0.3) is 7.37 Å². The zero-order chi connectivity index (χ0) is 21.6. The molecule has 2 aromatic heterocycles. The summed E-state index contributed by atoms with van der Waals surface area (Å²) < 4.78 is 38.4. The molecule has 1 unspecified atom stereocenters. The molecule has 0 amide bonds. The predicted octanol–water partition coefficient (Wildman–Crippen LogP) is 3.22. The van der Waals surface area contributed by atoms with E-state index in [2.05, 4.69) is 15.0 Å². The summed E-state index contributed by atoms with van der Waals surface area (Å²) >= 11 is 0. The van der Waals surface area contributed by atoms with Gasteiger partial charge in [0.2, 0.25) is 6.03 Å². The van der Waals surface area contributed by atoms with Crippen LogP contribution in [0.25, 0.3) is 11.2 Å². The van der Waals surface area contributed by atoms with E-state index in [-0.39, 0.29) is 31.3 Å².